The molecule has 5 heteroatoms. The Kier molecular flexibility index (Phi) is 4.91. The van der Waals surface area contributed by atoms with Crippen molar-refractivity contribution in [3.63, 3.8) is 0 Å². The lowest BCUT2D eigenvalue weighted by Gasteiger charge is -2.34. The summed E-state index contributed by atoms with van der Waals surface area (Å²) in [7, 11) is 2.03. The maximum atomic E-state index is 6.23. The smallest absolute Gasteiger partial charge is 0.0561 e. The summed E-state index contributed by atoms with van der Waals surface area (Å²) in [6, 6.07) is 2.39. The summed E-state index contributed by atoms with van der Waals surface area (Å²) >= 11 is 12.1. The van der Waals surface area contributed by atoms with E-state index < -0.39 is 0 Å². The highest BCUT2D eigenvalue weighted by atomic mass is 35.5. The molecule has 1 nitrogen and oxygen atoms in total. The number of thioether (sulfide) groups is 2. The molecule has 2 rings (SSSR count). The highest BCUT2D eigenvalue weighted by molar-refractivity contribution is 8.07. The van der Waals surface area contributed by atoms with Crippen LogP contribution in [0.2, 0.25) is 5.02 Å². The van der Waals surface area contributed by atoms with Gasteiger partial charge in [-0.25, -0.2) is 0 Å². The van der Waals surface area contributed by atoms with Crippen LogP contribution in [-0.2, 0) is 0 Å². The number of nitrogens with one attached hydrogen (secondary N) is 1. The second-order valence-electron chi connectivity index (χ2n) is 3.81. The van der Waals surface area contributed by atoms with Gasteiger partial charge in [-0.15, -0.1) is 11.3 Å². The molecule has 0 spiro atoms. The van der Waals surface area contributed by atoms with Crippen molar-refractivity contribution in [1.82, 2.24) is 5.32 Å². The quantitative estimate of drug-likeness (QED) is 0.908. The van der Waals surface area contributed by atoms with Crippen LogP contribution in [0.15, 0.2) is 11.4 Å². The summed E-state index contributed by atoms with van der Waals surface area (Å²) in [6.45, 7) is 2.33. The average Bonchev–Trinajstić information content (AvgIpc) is 2.69. The van der Waals surface area contributed by atoms with Gasteiger partial charge in [-0.05, 0) is 18.5 Å². The van der Waals surface area contributed by atoms with Gasteiger partial charge in [-0.2, -0.15) is 23.5 Å². The zero-order chi connectivity index (χ0) is 11.5. The topological polar surface area (TPSA) is 12.0 Å². The summed E-state index contributed by atoms with van der Waals surface area (Å²) < 4.78 is 0. The van der Waals surface area contributed by atoms with Crippen molar-refractivity contribution in [3.8, 4) is 0 Å². The monoisotopic (exact) mass is 293 g/mol. The lowest BCUT2D eigenvalue weighted by molar-refractivity contribution is 0.569. The third-order valence-electron chi connectivity index (χ3n) is 2.80. The van der Waals surface area contributed by atoms with E-state index in [-0.39, 0.29) is 0 Å². The van der Waals surface area contributed by atoms with Gasteiger partial charge in [-0.1, -0.05) is 18.5 Å². The first-order valence-corrected chi connectivity index (χ1v) is 8.73. The van der Waals surface area contributed by atoms with Crippen molar-refractivity contribution in [2.75, 3.05) is 18.6 Å². The third-order valence-corrected chi connectivity index (χ3v) is 7.44. The summed E-state index contributed by atoms with van der Waals surface area (Å²) in [5.74, 6) is 2.53. The Morgan fingerprint density at radius 2 is 2.19 bits per heavy atom. The van der Waals surface area contributed by atoms with Gasteiger partial charge in [0.15, 0.2) is 0 Å². The number of hydrogen-bond donors (Lipinski definition) is 1. The van der Waals surface area contributed by atoms with E-state index in [9.17, 15) is 0 Å². The molecule has 1 aromatic rings. The Bertz CT molecular complexity index is 342. The van der Waals surface area contributed by atoms with Gasteiger partial charge in [0, 0.05) is 26.9 Å². The molecule has 0 radical (unpaired) electrons. The molecule has 1 aliphatic heterocycles. The van der Waals surface area contributed by atoms with E-state index in [2.05, 4.69) is 41.1 Å². The molecule has 90 valence electrons. The molecule has 1 saturated heterocycles. The summed E-state index contributed by atoms with van der Waals surface area (Å²) in [6.07, 6.45) is 0. The summed E-state index contributed by atoms with van der Waals surface area (Å²) in [4.78, 5) is 1.29. The molecule has 1 aliphatic rings. The summed E-state index contributed by atoms with van der Waals surface area (Å²) in [5.41, 5.74) is 0. The molecule has 1 fully saturated rings. The normalized spacial score (nSPS) is 27.9. The van der Waals surface area contributed by atoms with Crippen LogP contribution in [0.1, 0.15) is 17.8 Å². The van der Waals surface area contributed by atoms with Crippen LogP contribution < -0.4 is 5.32 Å². The fraction of sp³-hybridized carbons (Fsp3) is 0.636. The molecular formula is C11H16ClNS3. The lowest BCUT2D eigenvalue weighted by atomic mass is 10.1. The van der Waals surface area contributed by atoms with E-state index in [1.807, 2.05) is 13.1 Å². The minimum absolute atomic E-state index is 0.389. The standard InChI is InChI=1S/C11H16ClNS3/c1-7-10(16-6-5-14-7)9(13-2)11-8(12)3-4-15-11/h3-4,7,9-10,13H,5-6H2,1-2H3. The van der Waals surface area contributed by atoms with Gasteiger partial charge < -0.3 is 5.32 Å². The minimum Gasteiger partial charge on any atom is -0.311 e. The Morgan fingerprint density at radius 3 is 2.75 bits per heavy atom. The van der Waals surface area contributed by atoms with Crippen LogP contribution in [0.25, 0.3) is 0 Å². The molecule has 3 unspecified atom stereocenters. The van der Waals surface area contributed by atoms with E-state index in [4.69, 9.17) is 11.6 Å². The second-order valence-corrected chi connectivity index (χ2v) is 7.94. The van der Waals surface area contributed by atoms with Crippen LogP contribution in [0.4, 0.5) is 0 Å². The van der Waals surface area contributed by atoms with E-state index >= 15 is 0 Å². The van der Waals surface area contributed by atoms with Crippen LogP contribution in [0.5, 0.6) is 0 Å². The fourth-order valence-corrected chi connectivity index (χ4v) is 6.37. The first-order valence-electron chi connectivity index (χ1n) is 5.37. The molecule has 3 atom stereocenters. The molecule has 0 amide bonds. The van der Waals surface area contributed by atoms with E-state index in [0.29, 0.717) is 16.5 Å². The van der Waals surface area contributed by atoms with Gasteiger partial charge in [0.25, 0.3) is 0 Å². The molecule has 1 N–H and O–H groups in total. The summed E-state index contributed by atoms with van der Waals surface area (Å²) in [5, 5.41) is 7.74. The van der Waals surface area contributed by atoms with E-state index in [0.717, 1.165) is 5.02 Å². The zero-order valence-electron chi connectivity index (χ0n) is 9.40. The SMILES string of the molecule is CNC(c1sccc1Cl)C1SCCSC1C. The van der Waals surface area contributed by atoms with Gasteiger partial charge in [-0.3, -0.25) is 0 Å². The highest BCUT2D eigenvalue weighted by Crippen LogP contribution is 2.41. The average molecular weight is 294 g/mol. The number of thiophene rings is 1. The maximum Gasteiger partial charge on any atom is 0.0561 e. The van der Waals surface area contributed by atoms with Gasteiger partial charge in [0.05, 0.1) is 11.1 Å². The van der Waals surface area contributed by atoms with Gasteiger partial charge in [0.1, 0.15) is 0 Å². The predicted octanol–water partition coefficient (Wildman–Crippen LogP) is 3.90. The maximum absolute atomic E-state index is 6.23. The van der Waals surface area contributed by atoms with Crippen molar-refractivity contribution < 1.29 is 0 Å². The van der Waals surface area contributed by atoms with Crippen molar-refractivity contribution >= 4 is 46.5 Å². The Labute approximate surface area is 115 Å². The van der Waals surface area contributed by atoms with Gasteiger partial charge >= 0.3 is 0 Å². The van der Waals surface area contributed by atoms with Crippen LogP contribution in [0.3, 0.4) is 0 Å². The first-order chi connectivity index (χ1) is 7.74. The number of hydrogen-bond acceptors (Lipinski definition) is 4. The van der Waals surface area contributed by atoms with E-state index in [1.165, 1.54) is 16.4 Å². The lowest BCUT2D eigenvalue weighted by Crippen LogP contribution is -2.35. The van der Waals surface area contributed by atoms with Crippen LogP contribution in [0, 0.1) is 0 Å². The predicted molar refractivity (Wildman–Crippen MR) is 79.3 cm³/mol. The third kappa shape index (κ3) is 2.72. The first kappa shape index (κ1) is 13.1. The minimum atomic E-state index is 0.389. The molecular weight excluding hydrogens is 278 g/mol. The molecule has 0 bridgehead atoms. The zero-order valence-corrected chi connectivity index (χ0v) is 12.6. The molecule has 0 saturated carbocycles. The molecule has 0 aliphatic carbocycles. The molecule has 16 heavy (non-hydrogen) atoms. The second kappa shape index (κ2) is 6.01. The van der Waals surface area contributed by atoms with Crippen molar-refractivity contribution in [3.05, 3.63) is 21.3 Å². The van der Waals surface area contributed by atoms with Crippen molar-refractivity contribution in [2.24, 2.45) is 0 Å². The van der Waals surface area contributed by atoms with Crippen molar-refractivity contribution in [2.45, 2.75) is 23.5 Å². The fourth-order valence-electron chi connectivity index (χ4n) is 1.99. The number of rotatable bonds is 3. The Hall–Kier alpha value is 0.650. The van der Waals surface area contributed by atoms with Gasteiger partial charge in [0.2, 0.25) is 0 Å². The molecule has 2 heterocycles. The highest BCUT2D eigenvalue weighted by Gasteiger charge is 2.32. The molecule has 0 aromatic carbocycles. The van der Waals surface area contributed by atoms with E-state index in [1.54, 1.807) is 11.3 Å². The largest absolute Gasteiger partial charge is 0.311 e. The van der Waals surface area contributed by atoms with Crippen molar-refractivity contribution in [1.29, 1.82) is 0 Å². The Morgan fingerprint density at radius 1 is 1.44 bits per heavy atom. The van der Waals surface area contributed by atoms with Crippen LogP contribution in [-0.4, -0.2) is 29.1 Å². The number of halogens is 1. The van der Waals surface area contributed by atoms with Crippen LogP contribution >= 0.6 is 46.5 Å². The Balaban J connectivity index is 2.18. The molecule has 1 aromatic heterocycles.